The van der Waals surface area contributed by atoms with Gasteiger partial charge >= 0.3 is 0 Å². The fraction of sp³-hybridized carbons (Fsp3) is 0.231. The molecule has 0 atom stereocenters. The topological polar surface area (TPSA) is 98.3 Å². The normalized spacial score (nSPS) is 10.6. The molecule has 0 aliphatic carbocycles. The lowest BCUT2D eigenvalue weighted by Gasteiger charge is -2.14. The van der Waals surface area contributed by atoms with E-state index in [1.54, 1.807) is 6.20 Å². The number of carbonyl (C=O) groups excluding carboxylic acids is 1. The summed E-state index contributed by atoms with van der Waals surface area (Å²) in [5.41, 5.74) is 3.49. The van der Waals surface area contributed by atoms with Crippen molar-refractivity contribution in [2.45, 2.75) is 26.9 Å². The number of aryl methyl sites for hydroxylation is 1. The lowest BCUT2D eigenvalue weighted by molar-refractivity contribution is -0.120. The van der Waals surface area contributed by atoms with Crippen LogP contribution < -0.4 is 20.1 Å². The van der Waals surface area contributed by atoms with Crippen molar-refractivity contribution in [1.29, 1.82) is 0 Å². The van der Waals surface area contributed by atoms with Crippen molar-refractivity contribution in [3.05, 3.63) is 78.4 Å². The molecule has 0 spiro atoms. The number of rotatable bonds is 10. The number of benzene rings is 2. The Kier molecular flexibility index (Phi) is 7.49. The van der Waals surface area contributed by atoms with Crippen molar-refractivity contribution in [1.82, 2.24) is 20.3 Å². The zero-order valence-electron chi connectivity index (χ0n) is 19.2. The molecule has 2 N–H and O–H groups in total. The first-order valence-corrected chi connectivity index (χ1v) is 11.2. The first-order valence-electron chi connectivity index (χ1n) is 11.2. The molecule has 0 aliphatic rings. The van der Waals surface area contributed by atoms with Crippen molar-refractivity contribution < 1.29 is 14.3 Å². The van der Waals surface area contributed by atoms with Gasteiger partial charge in [0, 0.05) is 18.3 Å². The summed E-state index contributed by atoms with van der Waals surface area (Å²) in [6.07, 6.45) is 3.72. The number of carbonyl (C=O) groups is 1. The van der Waals surface area contributed by atoms with Gasteiger partial charge in [0.25, 0.3) is 0 Å². The molecular formula is C26H27N5O3. The van der Waals surface area contributed by atoms with Gasteiger partial charge in [-0.2, -0.15) is 0 Å². The van der Waals surface area contributed by atoms with E-state index in [9.17, 15) is 4.79 Å². The fourth-order valence-electron chi connectivity index (χ4n) is 3.43. The van der Waals surface area contributed by atoms with Crippen molar-refractivity contribution in [3.8, 4) is 11.5 Å². The van der Waals surface area contributed by atoms with Crippen molar-refractivity contribution >= 4 is 28.3 Å². The third kappa shape index (κ3) is 5.78. The van der Waals surface area contributed by atoms with Crippen LogP contribution in [-0.2, 0) is 11.4 Å². The molecule has 8 nitrogen and oxygen atoms in total. The van der Waals surface area contributed by atoms with Gasteiger partial charge < -0.3 is 20.1 Å². The molecule has 0 saturated heterocycles. The summed E-state index contributed by atoms with van der Waals surface area (Å²) >= 11 is 0. The van der Waals surface area contributed by atoms with Crippen LogP contribution in [-0.4, -0.2) is 34.0 Å². The Labute approximate surface area is 198 Å². The summed E-state index contributed by atoms with van der Waals surface area (Å²) in [5.74, 6) is 2.08. The van der Waals surface area contributed by atoms with Crippen LogP contribution in [0.3, 0.4) is 0 Å². The minimum atomic E-state index is -0.00460. The van der Waals surface area contributed by atoms with Gasteiger partial charge in [-0.15, -0.1) is 0 Å². The van der Waals surface area contributed by atoms with E-state index < -0.39 is 0 Å². The lowest BCUT2D eigenvalue weighted by Crippen LogP contribution is -2.27. The minimum absolute atomic E-state index is 0.00460. The molecule has 0 saturated carbocycles. The van der Waals surface area contributed by atoms with E-state index in [2.05, 4.69) is 25.6 Å². The molecule has 0 unspecified atom stereocenters. The Morgan fingerprint density at radius 1 is 0.971 bits per heavy atom. The van der Waals surface area contributed by atoms with Gasteiger partial charge in [0.05, 0.1) is 23.1 Å². The first kappa shape index (κ1) is 23.0. The number of nitrogens with zero attached hydrogens (tertiary/aromatic N) is 3. The molecule has 4 aromatic rings. The highest BCUT2D eigenvalue weighted by Gasteiger charge is 2.12. The highest BCUT2D eigenvalue weighted by Crippen LogP contribution is 2.32. The van der Waals surface area contributed by atoms with Gasteiger partial charge in [-0.1, -0.05) is 19.1 Å². The van der Waals surface area contributed by atoms with Crippen LogP contribution in [0.5, 0.6) is 11.5 Å². The predicted molar refractivity (Wildman–Crippen MR) is 131 cm³/mol. The van der Waals surface area contributed by atoms with Crippen LogP contribution in [0.2, 0.25) is 0 Å². The third-order valence-corrected chi connectivity index (χ3v) is 5.17. The van der Waals surface area contributed by atoms with E-state index >= 15 is 0 Å². The Morgan fingerprint density at radius 3 is 2.68 bits per heavy atom. The summed E-state index contributed by atoms with van der Waals surface area (Å²) in [4.78, 5) is 24.6. The van der Waals surface area contributed by atoms with Gasteiger partial charge in [0.2, 0.25) is 5.91 Å². The predicted octanol–water partition coefficient (Wildman–Crippen LogP) is 4.56. The highest BCUT2D eigenvalue weighted by molar-refractivity contribution is 5.95. The SMILES string of the molecule is CCC(=O)NCCOc1cccc2ncnc(Nc3ccc(OCc4ccccn4)c(C)c3)c12. The number of aromatic nitrogens is 3. The number of nitrogens with one attached hydrogen (secondary N) is 2. The number of hydrogen-bond donors (Lipinski definition) is 2. The summed E-state index contributed by atoms with van der Waals surface area (Å²) < 4.78 is 11.9. The number of amides is 1. The summed E-state index contributed by atoms with van der Waals surface area (Å²) in [5, 5.41) is 6.97. The number of ether oxygens (including phenoxy) is 2. The maximum Gasteiger partial charge on any atom is 0.219 e. The number of anilines is 2. The fourth-order valence-corrected chi connectivity index (χ4v) is 3.43. The van der Waals surface area contributed by atoms with E-state index in [1.807, 2.05) is 68.4 Å². The van der Waals surface area contributed by atoms with Gasteiger partial charge in [-0.25, -0.2) is 9.97 Å². The third-order valence-electron chi connectivity index (χ3n) is 5.17. The smallest absolute Gasteiger partial charge is 0.219 e. The van der Waals surface area contributed by atoms with Crippen LogP contribution in [0.15, 0.2) is 67.1 Å². The molecule has 8 heteroatoms. The van der Waals surface area contributed by atoms with E-state index in [-0.39, 0.29) is 5.91 Å². The zero-order chi connectivity index (χ0) is 23.8. The molecule has 2 aromatic heterocycles. The van der Waals surface area contributed by atoms with E-state index in [0.29, 0.717) is 37.7 Å². The maximum absolute atomic E-state index is 11.4. The second kappa shape index (κ2) is 11.1. The maximum atomic E-state index is 11.4. The van der Waals surface area contributed by atoms with Crippen LogP contribution in [0.25, 0.3) is 10.9 Å². The lowest BCUT2D eigenvalue weighted by atomic mass is 10.1. The van der Waals surface area contributed by atoms with E-state index in [1.165, 1.54) is 6.33 Å². The quantitative estimate of drug-likeness (QED) is 0.337. The van der Waals surface area contributed by atoms with Gasteiger partial charge in [-0.05, 0) is 55.0 Å². The Bertz CT molecular complexity index is 1260. The molecule has 0 radical (unpaired) electrons. The van der Waals surface area contributed by atoms with Gasteiger partial charge in [-0.3, -0.25) is 9.78 Å². The Balaban J connectivity index is 1.49. The average molecular weight is 458 g/mol. The monoisotopic (exact) mass is 457 g/mol. The standard InChI is InChI=1S/C26H27N5O3/c1-3-24(32)28-13-14-33-23-9-6-8-21-25(23)26(30-17-29-21)31-19-10-11-22(18(2)15-19)34-16-20-7-4-5-12-27-20/h4-12,15,17H,3,13-14,16H2,1-2H3,(H,28,32)(H,29,30,31). The van der Waals surface area contributed by atoms with Crippen molar-refractivity contribution in [2.75, 3.05) is 18.5 Å². The number of fused-ring (bicyclic) bond motifs is 1. The molecule has 2 heterocycles. The van der Waals surface area contributed by atoms with E-state index in [0.717, 1.165) is 33.6 Å². The number of pyridine rings is 1. The Hall–Kier alpha value is -4.20. The molecule has 34 heavy (non-hydrogen) atoms. The molecule has 4 rings (SSSR count). The second-order valence-corrected chi connectivity index (χ2v) is 7.64. The summed E-state index contributed by atoms with van der Waals surface area (Å²) in [6.45, 7) is 5.00. The molecule has 0 aliphatic heterocycles. The highest BCUT2D eigenvalue weighted by atomic mass is 16.5. The van der Waals surface area contributed by atoms with Crippen LogP contribution in [0.1, 0.15) is 24.6 Å². The largest absolute Gasteiger partial charge is 0.491 e. The molecule has 0 bridgehead atoms. The second-order valence-electron chi connectivity index (χ2n) is 7.64. The van der Waals surface area contributed by atoms with Gasteiger partial charge in [0.15, 0.2) is 0 Å². The van der Waals surface area contributed by atoms with E-state index in [4.69, 9.17) is 9.47 Å². The summed E-state index contributed by atoms with van der Waals surface area (Å²) in [7, 11) is 0. The van der Waals surface area contributed by atoms with Crippen molar-refractivity contribution in [2.24, 2.45) is 0 Å². The minimum Gasteiger partial charge on any atom is -0.491 e. The zero-order valence-corrected chi connectivity index (χ0v) is 19.2. The Morgan fingerprint density at radius 2 is 1.88 bits per heavy atom. The van der Waals surface area contributed by atoms with Crippen LogP contribution in [0, 0.1) is 6.92 Å². The van der Waals surface area contributed by atoms with Crippen LogP contribution in [0.4, 0.5) is 11.5 Å². The number of hydrogen-bond acceptors (Lipinski definition) is 7. The molecule has 174 valence electrons. The van der Waals surface area contributed by atoms with Crippen LogP contribution >= 0.6 is 0 Å². The molecule has 0 fully saturated rings. The molecular weight excluding hydrogens is 430 g/mol. The van der Waals surface area contributed by atoms with Gasteiger partial charge in [0.1, 0.15) is 36.9 Å². The van der Waals surface area contributed by atoms with Crippen molar-refractivity contribution in [3.63, 3.8) is 0 Å². The molecule has 1 amide bonds. The average Bonchev–Trinajstić information content (AvgIpc) is 2.86. The summed E-state index contributed by atoms with van der Waals surface area (Å²) in [6, 6.07) is 17.3. The molecule has 2 aromatic carbocycles. The first-order chi connectivity index (χ1) is 16.6.